The zero-order valence-corrected chi connectivity index (χ0v) is 38.6. The van der Waals surface area contributed by atoms with Crippen molar-refractivity contribution in [3.05, 3.63) is 187 Å². The third-order valence-electron chi connectivity index (χ3n) is 15.5. The first-order valence-electron chi connectivity index (χ1n) is 23.9. The molecule has 10 aromatic carbocycles. The molecule has 0 aliphatic heterocycles. The Morgan fingerprint density at radius 3 is 1.54 bits per heavy atom. The van der Waals surface area contributed by atoms with Gasteiger partial charge in [0.2, 0.25) is 0 Å². The topological polar surface area (TPSA) is 13.8 Å². The fourth-order valence-corrected chi connectivity index (χ4v) is 12.4. The van der Waals surface area contributed by atoms with Crippen molar-refractivity contribution >= 4 is 120 Å². The van der Waals surface area contributed by atoms with E-state index in [1.807, 2.05) is 0 Å². The maximum Gasteiger partial charge on any atom is 0.0626 e. The lowest BCUT2D eigenvalue weighted by atomic mass is 9.84. The van der Waals surface area contributed by atoms with Crippen molar-refractivity contribution in [3.8, 4) is 16.8 Å². The number of hydrogen-bond donors (Lipinski definition) is 0. The summed E-state index contributed by atoms with van der Waals surface area (Å²) in [5.74, 6) is 0. The first kappa shape index (κ1) is 37.4. The van der Waals surface area contributed by atoms with Gasteiger partial charge in [0.05, 0.1) is 44.1 Å². The van der Waals surface area contributed by atoms with E-state index in [1.165, 1.54) is 147 Å². The van der Waals surface area contributed by atoms with Crippen LogP contribution in [0.25, 0.3) is 136 Å². The second kappa shape index (κ2) is 12.5. The van der Waals surface area contributed by atoms with Crippen LogP contribution in [0.5, 0.6) is 0 Å². The Morgan fingerprint density at radius 1 is 0.313 bits per heavy atom. The molecule has 0 aliphatic rings. The summed E-state index contributed by atoms with van der Waals surface area (Å²) in [7, 11) is 0. The highest BCUT2D eigenvalue weighted by molar-refractivity contribution is 6.38. The molecule has 0 amide bonds. The third kappa shape index (κ3) is 4.76. The molecule has 318 valence electrons. The molecule has 15 rings (SSSR count). The number of benzene rings is 10. The number of fused-ring (bicyclic) bond motifs is 20. The standard InChI is InChI=1S/C64H47N3/c1-63(2,3)39-32-48-45-26-24-36-16-10-13-21-43(36)59(45)66-54-28-29-55-58(57(54)50(34-39)60(48)66)51-35-40(64(4,5)6)33-49-56-42-20-12-11-17-37(42)30-46(62(56)67(55)61(49)51)38-25-27-53-47(31-38)44-22-14-15-23-52(44)65(53)41-18-8-7-9-19-41/h7-35H,1-6H3. The van der Waals surface area contributed by atoms with Crippen molar-refractivity contribution in [2.45, 2.75) is 52.4 Å². The normalized spacial score (nSPS) is 13.2. The van der Waals surface area contributed by atoms with Crippen molar-refractivity contribution < 1.29 is 0 Å². The van der Waals surface area contributed by atoms with Crippen LogP contribution >= 0.6 is 0 Å². The molecule has 0 aliphatic carbocycles. The summed E-state index contributed by atoms with van der Waals surface area (Å²) >= 11 is 0. The molecule has 5 heterocycles. The molecular formula is C64H47N3. The zero-order chi connectivity index (χ0) is 44.8. The van der Waals surface area contributed by atoms with Gasteiger partial charge in [0.15, 0.2) is 0 Å². The Hall–Kier alpha value is -7.88. The van der Waals surface area contributed by atoms with E-state index in [9.17, 15) is 0 Å². The van der Waals surface area contributed by atoms with E-state index < -0.39 is 0 Å². The van der Waals surface area contributed by atoms with Crippen molar-refractivity contribution in [2.24, 2.45) is 0 Å². The van der Waals surface area contributed by atoms with Gasteiger partial charge in [-0.3, -0.25) is 0 Å². The van der Waals surface area contributed by atoms with E-state index in [4.69, 9.17) is 0 Å². The number of nitrogens with zero attached hydrogens (tertiary/aromatic N) is 3. The quantitative estimate of drug-likeness (QED) is 0.164. The van der Waals surface area contributed by atoms with Crippen molar-refractivity contribution in [3.63, 3.8) is 0 Å². The molecule has 0 saturated carbocycles. The fraction of sp³-hybridized carbons (Fsp3) is 0.125. The van der Waals surface area contributed by atoms with Gasteiger partial charge < -0.3 is 13.4 Å². The largest absolute Gasteiger partial charge is 0.309 e. The van der Waals surface area contributed by atoms with Gasteiger partial charge in [-0.25, -0.2) is 0 Å². The second-order valence-electron chi connectivity index (χ2n) is 21.3. The molecule has 0 atom stereocenters. The van der Waals surface area contributed by atoms with Crippen LogP contribution in [0.1, 0.15) is 52.7 Å². The minimum atomic E-state index is -0.0783. The number of rotatable bonds is 2. The lowest BCUT2D eigenvalue weighted by Gasteiger charge is -2.20. The average molecular weight is 858 g/mol. The summed E-state index contributed by atoms with van der Waals surface area (Å²) in [5, 5.41) is 18.3. The van der Waals surface area contributed by atoms with Crippen molar-refractivity contribution in [1.29, 1.82) is 0 Å². The van der Waals surface area contributed by atoms with Crippen LogP contribution in [0.2, 0.25) is 0 Å². The van der Waals surface area contributed by atoms with Crippen LogP contribution in [-0.4, -0.2) is 13.4 Å². The minimum absolute atomic E-state index is 0.0397. The first-order valence-corrected chi connectivity index (χ1v) is 23.9. The summed E-state index contributed by atoms with van der Waals surface area (Å²) in [6.45, 7) is 14.2. The number of aromatic nitrogens is 3. The van der Waals surface area contributed by atoms with Gasteiger partial charge in [0.25, 0.3) is 0 Å². The van der Waals surface area contributed by atoms with E-state index >= 15 is 0 Å². The summed E-state index contributed by atoms with van der Waals surface area (Å²) in [4.78, 5) is 0. The van der Waals surface area contributed by atoms with Gasteiger partial charge in [0.1, 0.15) is 0 Å². The van der Waals surface area contributed by atoms with Crippen molar-refractivity contribution in [2.75, 3.05) is 0 Å². The van der Waals surface area contributed by atoms with Crippen LogP contribution < -0.4 is 0 Å². The van der Waals surface area contributed by atoms with E-state index in [-0.39, 0.29) is 10.8 Å². The summed E-state index contributed by atoms with van der Waals surface area (Å²) in [6, 6.07) is 66.9. The monoisotopic (exact) mass is 857 g/mol. The first-order chi connectivity index (χ1) is 32.5. The highest BCUT2D eigenvalue weighted by Crippen LogP contribution is 2.52. The minimum Gasteiger partial charge on any atom is -0.309 e. The second-order valence-corrected chi connectivity index (χ2v) is 21.3. The lowest BCUT2D eigenvalue weighted by Crippen LogP contribution is -2.10. The molecule has 15 aromatic rings. The van der Waals surface area contributed by atoms with Gasteiger partial charge >= 0.3 is 0 Å². The molecule has 0 fully saturated rings. The van der Waals surface area contributed by atoms with Crippen LogP contribution in [0.4, 0.5) is 0 Å². The van der Waals surface area contributed by atoms with Crippen LogP contribution in [0.15, 0.2) is 176 Å². The van der Waals surface area contributed by atoms with E-state index in [0.29, 0.717) is 0 Å². The average Bonchev–Trinajstić information content (AvgIpc) is 4.13. The highest BCUT2D eigenvalue weighted by atomic mass is 15.0. The summed E-state index contributed by atoms with van der Waals surface area (Å²) in [5.41, 5.74) is 16.4. The maximum absolute atomic E-state index is 2.66. The van der Waals surface area contributed by atoms with Crippen LogP contribution in [0, 0.1) is 0 Å². The van der Waals surface area contributed by atoms with Crippen LogP contribution in [-0.2, 0) is 10.8 Å². The van der Waals surface area contributed by atoms with E-state index in [0.717, 1.165) is 0 Å². The summed E-state index contributed by atoms with van der Waals surface area (Å²) < 4.78 is 7.69. The Bertz CT molecular complexity index is 4620. The van der Waals surface area contributed by atoms with Gasteiger partial charge in [0, 0.05) is 70.5 Å². The molecule has 0 unspecified atom stereocenters. The number of para-hydroxylation sites is 2. The smallest absolute Gasteiger partial charge is 0.0626 e. The molecule has 5 aromatic heterocycles. The van der Waals surface area contributed by atoms with Gasteiger partial charge in [-0.15, -0.1) is 0 Å². The molecule has 0 radical (unpaired) electrons. The third-order valence-corrected chi connectivity index (χ3v) is 15.5. The fourth-order valence-electron chi connectivity index (χ4n) is 12.4. The Labute approximate surface area is 387 Å². The maximum atomic E-state index is 2.66. The molecule has 3 heteroatoms. The molecule has 0 spiro atoms. The lowest BCUT2D eigenvalue weighted by molar-refractivity contribution is 0.591. The molecule has 3 nitrogen and oxygen atoms in total. The molecule has 0 N–H and O–H groups in total. The Kier molecular flexibility index (Phi) is 6.97. The predicted molar refractivity (Wildman–Crippen MR) is 288 cm³/mol. The zero-order valence-electron chi connectivity index (χ0n) is 38.6. The predicted octanol–water partition coefficient (Wildman–Crippen LogP) is 17.7. The molecule has 0 saturated heterocycles. The highest BCUT2D eigenvalue weighted by Gasteiger charge is 2.30. The van der Waals surface area contributed by atoms with Crippen LogP contribution in [0.3, 0.4) is 0 Å². The van der Waals surface area contributed by atoms with Gasteiger partial charge in [-0.1, -0.05) is 145 Å². The molecule has 67 heavy (non-hydrogen) atoms. The van der Waals surface area contributed by atoms with E-state index in [1.54, 1.807) is 0 Å². The van der Waals surface area contributed by atoms with E-state index in [2.05, 4.69) is 231 Å². The Morgan fingerprint density at radius 2 is 0.836 bits per heavy atom. The van der Waals surface area contributed by atoms with Crippen molar-refractivity contribution in [1.82, 2.24) is 13.4 Å². The molecular weight excluding hydrogens is 811 g/mol. The Balaban J connectivity index is 1.15. The molecule has 0 bridgehead atoms. The number of hydrogen-bond acceptors (Lipinski definition) is 0. The summed E-state index contributed by atoms with van der Waals surface area (Å²) in [6.07, 6.45) is 0. The van der Waals surface area contributed by atoms with Gasteiger partial charge in [-0.2, -0.15) is 0 Å². The SMILES string of the molecule is CC(C)(C)c1cc2c3c4c5cc(C(C)(C)C)cc6c7ccc8ccccc8c7n(c4ccc3n3c4c(-c7ccc8c(c7)c7ccccc7n8-c7ccccc7)cc7ccccc7c4c(c1)c23)c65. The van der Waals surface area contributed by atoms with Gasteiger partial charge in [-0.05, 0) is 116 Å².